The van der Waals surface area contributed by atoms with Crippen molar-refractivity contribution in [1.29, 1.82) is 0 Å². The van der Waals surface area contributed by atoms with Crippen LogP contribution in [0, 0.1) is 0 Å². The summed E-state index contributed by atoms with van der Waals surface area (Å²) in [6.45, 7) is 0. The topological polar surface area (TPSA) is 161 Å². The quantitative estimate of drug-likeness (QED) is 0.257. The van der Waals surface area contributed by atoms with Gasteiger partial charge >= 0.3 is 27.3 Å². The molecule has 0 N–H and O–H groups in total. The summed E-state index contributed by atoms with van der Waals surface area (Å²) in [4.78, 5) is 41.3. The number of benzene rings is 4. The molecule has 17 heteroatoms. The molecule has 45 heavy (non-hydrogen) atoms. The fourth-order valence-electron chi connectivity index (χ4n) is 2.65. The summed E-state index contributed by atoms with van der Waals surface area (Å²) in [5.74, 6) is -5.29. The third-order valence-corrected chi connectivity index (χ3v) is 7.96. The average Bonchev–Trinajstić information content (AvgIpc) is 2.95. The maximum absolute atomic E-state index is 10.3. The zero-order chi connectivity index (χ0) is 33.7. The molecule has 0 fully saturated rings. The van der Waals surface area contributed by atoms with Crippen LogP contribution in [0.4, 0.5) is 0 Å². The molecule has 0 bridgehead atoms. The first-order valence-electron chi connectivity index (χ1n) is 11.1. The number of carbonyl (C=O) groups excluding carboxylic acids is 4. The normalized spacial score (nSPS) is 9.42. The molecular weight excluding hydrogens is 955 g/mol. The van der Waals surface area contributed by atoms with Crippen LogP contribution in [0.3, 0.4) is 0 Å². The Morgan fingerprint density at radius 2 is 0.511 bits per heavy atom. The van der Waals surface area contributed by atoms with Gasteiger partial charge in [0.2, 0.25) is 0 Å². The van der Waals surface area contributed by atoms with Crippen molar-refractivity contribution in [2.75, 3.05) is 0 Å². The van der Waals surface area contributed by atoms with Crippen molar-refractivity contribution in [2.24, 2.45) is 0 Å². The van der Waals surface area contributed by atoms with Crippen LogP contribution in [0.25, 0.3) is 0 Å². The van der Waals surface area contributed by atoms with Crippen LogP contribution < -0.4 is 20.4 Å². The number of halogens is 8. The Balaban J connectivity index is 0.000000569. The molecule has 0 aromatic heterocycles. The maximum Gasteiger partial charge on any atom is 4.00 e. The van der Waals surface area contributed by atoms with E-state index in [4.69, 9.17) is 92.8 Å². The van der Waals surface area contributed by atoms with Gasteiger partial charge in [0.25, 0.3) is 0 Å². The molecule has 0 aliphatic carbocycles. The van der Waals surface area contributed by atoms with Gasteiger partial charge in [-0.1, -0.05) is 141 Å². The summed E-state index contributed by atoms with van der Waals surface area (Å²) in [7, 11) is 0. The number of hydrogen-bond donors (Lipinski definition) is 0. The maximum atomic E-state index is 10.3. The number of rotatable bonds is 4. The third-order valence-electron chi connectivity index (χ3n) is 4.69. The first-order chi connectivity index (χ1) is 20.5. The van der Waals surface area contributed by atoms with Gasteiger partial charge < -0.3 is 39.6 Å². The third kappa shape index (κ3) is 13.7. The van der Waals surface area contributed by atoms with Crippen molar-refractivity contribution >= 4 is 144 Å². The smallest absolute Gasteiger partial charge is 0.545 e. The summed E-state index contributed by atoms with van der Waals surface area (Å²) in [6.07, 6.45) is 0. The largest absolute Gasteiger partial charge is 4.00 e. The van der Waals surface area contributed by atoms with E-state index in [0.29, 0.717) is 0 Å². The number of carboxylic acid groups (broad SMARTS) is 4. The van der Waals surface area contributed by atoms with Crippen LogP contribution in [0.2, 0.25) is 40.2 Å². The Hall–Kier alpha value is -2.00. The first-order valence-corrected chi connectivity index (χ1v) is 14.1. The van der Waals surface area contributed by atoms with E-state index >= 15 is 0 Å². The molecule has 0 unspecified atom stereocenters. The van der Waals surface area contributed by atoms with Crippen LogP contribution in [-0.4, -0.2) is 51.2 Å². The summed E-state index contributed by atoms with van der Waals surface area (Å²) < 4.78 is 0. The number of carboxylic acids is 4. The number of hydrogen-bond acceptors (Lipinski definition) is 8. The predicted molar refractivity (Wildman–Crippen MR) is 169 cm³/mol. The SMILES string of the molecule is O=C([O-])c1cccc(Cl)c1Cl.O=C([O-])c1cccc(Cl)c1Cl.O=C([O-])c1cccc(Cl)c1Cl.O=C([O-])c1cccc(Cl)c1Cl.[Pb+4]. The molecule has 4 rings (SSSR count). The molecule has 0 heterocycles. The average molecular weight is 967 g/mol. The molecule has 0 spiro atoms. The molecule has 8 nitrogen and oxygen atoms in total. The van der Waals surface area contributed by atoms with E-state index in [2.05, 4.69) is 0 Å². The second-order valence-electron chi connectivity index (χ2n) is 7.56. The minimum atomic E-state index is -1.32. The van der Waals surface area contributed by atoms with E-state index in [9.17, 15) is 39.6 Å². The molecule has 4 aromatic rings. The Morgan fingerprint density at radius 1 is 0.356 bits per heavy atom. The molecule has 0 saturated carbocycles. The summed E-state index contributed by atoms with van der Waals surface area (Å²) in [5, 5.41) is 42.2. The van der Waals surface area contributed by atoms with Crippen molar-refractivity contribution in [2.45, 2.75) is 0 Å². The zero-order valence-corrected chi connectivity index (χ0v) is 31.7. The van der Waals surface area contributed by atoms with E-state index in [0.717, 1.165) is 0 Å². The fourth-order valence-corrected chi connectivity index (χ4v) is 4.16. The molecule has 0 aliphatic rings. The monoisotopic (exact) mass is 964 g/mol. The van der Waals surface area contributed by atoms with Gasteiger partial charge in [0.15, 0.2) is 0 Å². The van der Waals surface area contributed by atoms with Crippen molar-refractivity contribution in [1.82, 2.24) is 0 Å². The van der Waals surface area contributed by atoms with Crippen LogP contribution in [0.1, 0.15) is 41.4 Å². The van der Waals surface area contributed by atoms with Crippen molar-refractivity contribution in [3.63, 3.8) is 0 Å². The molecule has 0 radical (unpaired) electrons. The van der Waals surface area contributed by atoms with Gasteiger partial charge in [-0.3, -0.25) is 0 Å². The van der Waals surface area contributed by atoms with E-state index in [1.807, 2.05) is 0 Å². The Labute approximate surface area is 316 Å². The summed E-state index contributed by atoms with van der Waals surface area (Å²) in [5.41, 5.74) is -0.336. The van der Waals surface area contributed by atoms with Gasteiger partial charge in [0.1, 0.15) is 0 Å². The van der Waals surface area contributed by atoms with Gasteiger partial charge in [-0.2, -0.15) is 0 Å². The van der Waals surface area contributed by atoms with E-state index < -0.39 is 23.9 Å². The van der Waals surface area contributed by atoms with Crippen LogP contribution in [0.15, 0.2) is 72.8 Å². The van der Waals surface area contributed by atoms with Crippen molar-refractivity contribution < 1.29 is 39.6 Å². The van der Waals surface area contributed by atoms with Crippen molar-refractivity contribution in [3.8, 4) is 0 Å². The Kier molecular flexibility index (Phi) is 20.1. The van der Waals surface area contributed by atoms with E-state index in [-0.39, 0.29) is 89.7 Å². The molecule has 4 aromatic carbocycles. The standard InChI is InChI=1S/4C7H4Cl2O2.Pb/c4*8-5-3-1-2-4(6(5)9)7(10)11;/h4*1-3H,(H,10,11);/q;;;;+4/p-4. The molecular formula is C28H12Cl8O8Pb. The zero-order valence-electron chi connectivity index (χ0n) is 21.7. The second kappa shape index (κ2) is 21.0. The molecule has 0 aliphatic heterocycles. The predicted octanol–water partition coefficient (Wildman–Crippen LogP) is 5.05. The van der Waals surface area contributed by atoms with Gasteiger partial charge in [-0.05, 0) is 24.3 Å². The second-order valence-corrected chi connectivity index (χ2v) is 10.7. The molecule has 232 valence electrons. The van der Waals surface area contributed by atoms with Crippen LogP contribution in [-0.2, 0) is 0 Å². The number of aromatic carboxylic acids is 4. The van der Waals surface area contributed by atoms with Gasteiger partial charge in [-0.15, -0.1) is 0 Å². The minimum absolute atomic E-state index is 0. The van der Waals surface area contributed by atoms with Gasteiger partial charge in [0.05, 0.1) is 64.1 Å². The van der Waals surface area contributed by atoms with Crippen LogP contribution in [0.5, 0.6) is 0 Å². The molecule has 0 atom stereocenters. The minimum Gasteiger partial charge on any atom is -0.545 e. The van der Waals surface area contributed by atoms with Gasteiger partial charge in [0, 0.05) is 22.3 Å². The van der Waals surface area contributed by atoms with Crippen LogP contribution >= 0.6 is 92.8 Å². The van der Waals surface area contributed by atoms with Gasteiger partial charge in [-0.25, -0.2) is 0 Å². The fraction of sp³-hybridized carbons (Fsp3) is 0. The summed E-state index contributed by atoms with van der Waals surface area (Å²) >= 11 is 44.3. The van der Waals surface area contributed by atoms with E-state index in [1.54, 1.807) is 0 Å². The molecule has 0 saturated heterocycles. The summed E-state index contributed by atoms with van der Waals surface area (Å²) in [6, 6.07) is 17.4. The van der Waals surface area contributed by atoms with Crippen molar-refractivity contribution in [3.05, 3.63) is 135 Å². The Morgan fingerprint density at radius 3 is 0.622 bits per heavy atom. The Bertz CT molecular complexity index is 1440. The molecule has 0 amide bonds. The first kappa shape index (κ1) is 43.0. The number of carbonyl (C=O) groups is 4. The van der Waals surface area contributed by atoms with E-state index in [1.165, 1.54) is 72.8 Å².